The number of ether oxygens (including phenoxy) is 2. The summed E-state index contributed by atoms with van der Waals surface area (Å²) in [4.78, 5) is 0. The lowest BCUT2D eigenvalue weighted by Gasteiger charge is -2.34. The van der Waals surface area contributed by atoms with E-state index in [1.54, 1.807) is 7.11 Å². The van der Waals surface area contributed by atoms with E-state index in [4.69, 9.17) is 9.47 Å². The molecule has 0 spiro atoms. The van der Waals surface area contributed by atoms with Crippen molar-refractivity contribution in [2.75, 3.05) is 20.8 Å². The first kappa shape index (κ1) is 12.9. The Bertz CT molecular complexity index is 164. The van der Waals surface area contributed by atoms with Crippen LogP contribution in [0.3, 0.4) is 0 Å². The quantitative estimate of drug-likeness (QED) is 0.734. The molecule has 0 aromatic heterocycles. The second kappa shape index (κ2) is 7.20. The van der Waals surface area contributed by atoms with E-state index in [-0.39, 0.29) is 0 Å². The van der Waals surface area contributed by atoms with E-state index in [0.29, 0.717) is 18.2 Å². The molecule has 1 rings (SSSR count). The molecule has 3 nitrogen and oxygen atoms in total. The van der Waals surface area contributed by atoms with Crippen molar-refractivity contribution in [2.24, 2.45) is 0 Å². The number of nitrogens with one attached hydrogen (secondary N) is 1. The number of rotatable bonds is 6. The van der Waals surface area contributed by atoms with Crippen molar-refractivity contribution in [3.63, 3.8) is 0 Å². The maximum atomic E-state index is 5.52. The zero-order valence-electron chi connectivity index (χ0n) is 10.3. The molecule has 1 fully saturated rings. The lowest BCUT2D eigenvalue weighted by atomic mass is 9.91. The van der Waals surface area contributed by atoms with Gasteiger partial charge in [-0.3, -0.25) is 0 Å². The summed E-state index contributed by atoms with van der Waals surface area (Å²) in [6.07, 6.45) is 6.56. The fourth-order valence-electron chi connectivity index (χ4n) is 2.36. The van der Waals surface area contributed by atoms with E-state index in [9.17, 15) is 0 Å². The van der Waals surface area contributed by atoms with Crippen LogP contribution in [0, 0.1) is 0 Å². The molecule has 0 radical (unpaired) electrons. The standard InChI is InChI=1S/C12H25NO2/c1-4-10(9-14-2)13-11-7-5-6-8-12(11)15-3/h10-13H,4-9H2,1-3H3. The van der Waals surface area contributed by atoms with Crippen LogP contribution >= 0.6 is 0 Å². The van der Waals surface area contributed by atoms with E-state index < -0.39 is 0 Å². The molecule has 0 aromatic rings. The third-order valence-electron chi connectivity index (χ3n) is 3.32. The van der Waals surface area contributed by atoms with Gasteiger partial charge in [0.15, 0.2) is 0 Å². The van der Waals surface area contributed by atoms with Gasteiger partial charge in [-0.2, -0.15) is 0 Å². The minimum atomic E-state index is 0.393. The third kappa shape index (κ3) is 4.09. The third-order valence-corrected chi connectivity index (χ3v) is 3.32. The lowest BCUT2D eigenvalue weighted by Crippen LogP contribution is -2.49. The molecule has 0 heterocycles. The molecule has 15 heavy (non-hydrogen) atoms. The zero-order chi connectivity index (χ0) is 11.1. The van der Waals surface area contributed by atoms with Crippen molar-refractivity contribution >= 4 is 0 Å². The first-order chi connectivity index (χ1) is 7.31. The van der Waals surface area contributed by atoms with Crippen LogP contribution < -0.4 is 5.32 Å². The minimum absolute atomic E-state index is 0.393. The van der Waals surface area contributed by atoms with Crippen molar-refractivity contribution in [3.05, 3.63) is 0 Å². The van der Waals surface area contributed by atoms with Crippen molar-refractivity contribution in [3.8, 4) is 0 Å². The fraction of sp³-hybridized carbons (Fsp3) is 1.00. The molecule has 1 aliphatic carbocycles. The van der Waals surface area contributed by atoms with Crippen LogP contribution in [0.5, 0.6) is 0 Å². The predicted octanol–water partition coefficient (Wildman–Crippen LogP) is 1.96. The van der Waals surface area contributed by atoms with Crippen LogP contribution in [-0.4, -0.2) is 39.0 Å². The highest BCUT2D eigenvalue weighted by Crippen LogP contribution is 2.21. The highest BCUT2D eigenvalue weighted by Gasteiger charge is 2.26. The largest absolute Gasteiger partial charge is 0.383 e. The second-order valence-corrected chi connectivity index (χ2v) is 4.39. The molecule has 90 valence electrons. The summed E-state index contributed by atoms with van der Waals surface area (Å²) in [6, 6.07) is 0.986. The Morgan fingerprint density at radius 1 is 1.27 bits per heavy atom. The Morgan fingerprint density at radius 2 is 2.00 bits per heavy atom. The molecular weight excluding hydrogens is 190 g/mol. The van der Waals surface area contributed by atoms with Crippen LogP contribution in [0.15, 0.2) is 0 Å². The highest BCUT2D eigenvalue weighted by atomic mass is 16.5. The van der Waals surface area contributed by atoms with Crippen molar-refractivity contribution in [2.45, 2.75) is 57.2 Å². The molecule has 1 saturated carbocycles. The molecule has 1 N–H and O–H groups in total. The van der Waals surface area contributed by atoms with E-state index >= 15 is 0 Å². The van der Waals surface area contributed by atoms with Gasteiger partial charge in [0.1, 0.15) is 0 Å². The van der Waals surface area contributed by atoms with E-state index in [1.807, 2.05) is 7.11 Å². The molecule has 0 bridgehead atoms. The Balaban J connectivity index is 2.38. The molecular formula is C12H25NO2. The monoisotopic (exact) mass is 215 g/mol. The van der Waals surface area contributed by atoms with E-state index in [1.165, 1.54) is 25.7 Å². The summed E-state index contributed by atoms with van der Waals surface area (Å²) >= 11 is 0. The Hall–Kier alpha value is -0.120. The van der Waals surface area contributed by atoms with Gasteiger partial charge in [-0.25, -0.2) is 0 Å². The molecule has 3 unspecified atom stereocenters. The molecule has 3 atom stereocenters. The molecule has 0 amide bonds. The average Bonchev–Trinajstić information content (AvgIpc) is 2.29. The number of hydrogen-bond donors (Lipinski definition) is 1. The zero-order valence-corrected chi connectivity index (χ0v) is 10.3. The molecule has 1 aliphatic rings. The Morgan fingerprint density at radius 3 is 2.60 bits per heavy atom. The van der Waals surface area contributed by atoms with Gasteiger partial charge in [0.25, 0.3) is 0 Å². The predicted molar refractivity (Wildman–Crippen MR) is 62.1 cm³/mol. The highest BCUT2D eigenvalue weighted by molar-refractivity contribution is 4.84. The summed E-state index contributed by atoms with van der Waals surface area (Å²) in [5.74, 6) is 0. The number of hydrogen-bond acceptors (Lipinski definition) is 3. The molecule has 3 heteroatoms. The van der Waals surface area contributed by atoms with Crippen molar-refractivity contribution in [1.82, 2.24) is 5.32 Å². The summed E-state index contributed by atoms with van der Waals surface area (Å²) in [7, 11) is 3.58. The normalized spacial score (nSPS) is 29.0. The second-order valence-electron chi connectivity index (χ2n) is 4.39. The summed E-state index contributed by atoms with van der Waals surface area (Å²) in [6.45, 7) is 2.99. The molecule has 0 aliphatic heterocycles. The van der Waals surface area contributed by atoms with Crippen LogP contribution in [0.2, 0.25) is 0 Å². The Kier molecular flexibility index (Phi) is 6.22. The SMILES string of the molecule is CCC(COC)NC1CCCCC1OC. The average molecular weight is 215 g/mol. The van der Waals surface area contributed by atoms with Gasteiger partial charge in [0, 0.05) is 26.3 Å². The van der Waals surface area contributed by atoms with Gasteiger partial charge in [0.2, 0.25) is 0 Å². The maximum absolute atomic E-state index is 5.52. The first-order valence-electron chi connectivity index (χ1n) is 6.09. The smallest absolute Gasteiger partial charge is 0.0724 e. The molecule has 0 saturated heterocycles. The van der Waals surface area contributed by atoms with Crippen LogP contribution in [0.1, 0.15) is 39.0 Å². The summed E-state index contributed by atoms with van der Waals surface area (Å²) < 4.78 is 10.7. The number of methoxy groups -OCH3 is 2. The van der Waals surface area contributed by atoms with Gasteiger partial charge in [-0.15, -0.1) is 0 Å². The summed E-state index contributed by atoms with van der Waals surface area (Å²) in [5, 5.41) is 3.66. The van der Waals surface area contributed by atoms with Crippen molar-refractivity contribution in [1.29, 1.82) is 0 Å². The van der Waals surface area contributed by atoms with Gasteiger partial charge in [-0.1, -0.05) is 19.8 Å². The topological polar surface area (TPSA) is 30.5 Å². The lowest BCUT2D eigenvalue weighted by molar-refractivity contribution is 0.0319. The first-order valence-corrected chi connectivity index (χ1v) is 6.09. The van der Waals surface area contributed by atoms with Gasteiger partial charge in [-0.05, 0) is 19.3 Å². The van der Waals surface area contributed by atoms with Crippen LogP contribution in [-0.2, 0) is 9.47 Å². The fourth-order valence-corrected chi connectivity index (χ4v) is 2.36. The summed E-state index contributed by atoms with van der Waals surface area (Å²) in [5.41, 5.74) is 0. The van der Waals surface area contributed by atoms with Crippen molar-refractivity contribution < 1.29 is 9.47 Å². The van der Waals surface area contributed by atoms with Crippen LogP contribution in [0.4, 0.5) is 0 Å². The Labute approximate surface area is 93.5 Å². The van der Waals surface area contributed by atoms with E-state index in [0.717, 1.165) is 13.0 Å². The van der Waals surface area contributed by atoms with Gasteiger partial charge in [0.05, 0.1) is 12.7 Å². The van der Waals surface area contributed by atoms with Gasteiger partial charge >= 0.3 is 0 Å². The van der Waals surface area contributed by atoms with Crippen LogP contribution in [0.25, 0.3) is 0 Å². The van der Waals surface area contributed by atoms with E-state index in [2.05, 4.69) is 12.2 Å². The molecule has 0 aromatic carbocycles. The maximum Gasteiger partial charge on any atom is 0.0724 e. The minimum Gasteiger partial charge on any atom is -0.383 e. The van der Waals surface area contributed by atoms with Gasteiger partial charge < -0.3 is 14.8 Å².